The molecule has 0 unspecified atom stereocenters. The molecule has 2 N–H and O–H groups in total. The molecule has 0 bridgehead atoms. The van der Waals surface area contributed by atoms with Crippen LogP contribution in [-0.2, 0) is 19.1 Å². The van der Waals surface area contributed by atoms with Crippen molar-refractivity contribution in [3.63, 3.8) is 0 Å². The van der Waals surface area contributed by atoms with E-state index in [1.54, 1.807) is 17.7 Å². The van der Waals surface area contributed by atoms with Gasteiger partial charge >= 0.3 is 5.97 Å². The summed E-state index contributed by atoms with van der Waals surface area (Å²) in [5.74, 6) is -0.687. The van der Waals surface area contributed by atoms with Gasteiger partial charge in [0.1, 0.15) is 11.1 Å². The molecule has 0 aliphatic carbocycles. The van der Waals surface area contributed by atoms with Crippen molar-refractivity contribution in [2.75, 3.05) is 23.0 Å². The fourth-order valence-corrected chi connectivity index (χ4v) is 3.57. The van der Waals surface area contributed by atoms with Crippen LogP contribution in [0.1, 0.15) is 18.2 Å². The fraction of sp³-hybridized carbons (Fsp3) is 0.250. The predicted molar refractivity (Wildman–Crippen MR) is 130 cm³/mol. The Morgan fingerprint density at radius 3 is 2.39 bits per heavy atom. The molecule has 1 aromatic heterocycles. The summed E-state index contributed by atoms with van der Waals surface area (Å²) in [6, 6.07) is 18.6. The van der Waals surface area contributed by atoms with Crippen molar-refractivity contribution < 1.29 is 19.1 Å². The minimum absolute atomic E-state index is 0.0892. The molecule has 172 valence electrons. The Morgan fingerprint density at radius 1 is 1.00 bits per heavy atom. The van der Waals surface area contributed by atoms with Crippen molar-refractivity contribution in [1.29, 1.82) is 0 Å². The van der Waals surface area contributed by atoms with Gasteiger partial charge < -0.3 is 15.4 Å². The number of ether oxygens (including phenoxy) is 1. The average molecular weight is 467 g/mol. The molecule has 9 heteroatoms. The first kappa shape index (κ1) is 24.1. The summed E-state index contributed by atoms with van der Waals surface area (Å²) in [5.41, 5.74) is 3.33. The molecule has 2 amide bonds. The lowest BCUT2D eigenvalue weighted by Gasteiger charge is -2.12. The second kappa shape index (κ2) is 11.3. The van der Waals surface area contributed by atoms with Crippen LogP contribution in [0.2, 0.25) is 0 Å². The maximum absolute atomic E-state index is 12.3. The van der Waals surface area contributed by atoms with Gasteiger partial charge in [0.15, 0.2) is 6.61 Å². The molecule has 2 aromatic carbocycles. The van der Waals surface area contributed by atoms with Crippen molar-refractivity contribution in [3.8, 4) is 5.69 Å². The summed E-state index contributed by atoms with van der Waals surface area (Å²) in [6.07, 6.45) is 0. The molecule has 0 saturated carbocycles. The standard InChI is InChI=1S/C24H26N4O4S/c1-16-9-11-19(12-10-16)25-23(30)15-33-18(3)24(31)32-14-22(29)26-21-13-17(2)27-28(21)20-7-5-4-6-8-20/h4-13,18H,14-15H2,1-3H3,(H,25,30)(H,26,29)/t18-/m0/s1. The van der Waals surface area contributed by atoms with E-state index in [2.05, 4.69) is 15.7 Å². The third-order valence-electron chi connectivity index (χ3n) is 4.58. The van der Waals surface area contributed by atoms with Crippen LogP contribution in [0.25, 0.3) is 5.69 Å². The molecule has 0 aliphatic rings. The van der Waals surface area contributed by atoms with Crippen LogP contribution in [0.3, 0.4) is 0 Å². The summed E-state index contributed by atoms with van der Waals surface area (Å²) in [6.45, 7) is 4.99. The Kier molecular flexibility index (Phi) is 8.26. The number of carbonyl (C=O) groups is 3. The molecular formula is C24H26N4O4S. The summed E-state index contributed by atoms with van der Waals surface area (Å²) >= 11 is 1.14. The third-order valence-corrected chi connectivity index (χ3v) is 5.70. The van der Waals surface area contributed by atoms with Gasteiger partial charge in [0.05, 0.1) is 17.1 Å². The molecule has 3 rings (SSSR count). The van der Waals surface area contributed by atoms with Crippen LogP contribution < -0.4 is 10.6 Å². The van der Waals surface area contributed by atoms with E-state index in [0.717, 1.165) is 28.7 Å². The van der Waals surface area contributed by atoms with E-state index >= 15 is 0 Å². The highest BCUT2D eigenvalue weighted by Crippen LogP contribution is 2.17. The zero-order valence-corrected chi connectivity index (χ0v) is 19.5. The monoisotopic (exact) mass is 466 g/mol. The first-order valence-electron chi connectivity index (χ1n) is 10.4. The second-order valence-corrected chi connectivity index (χ2v) is 8.77. The predicted octanol–water partition coefficient (Wildman–Crippen LogP) is 3.73. The zero-order chi connectivity index (χ0) is 23.8. The van der Waals surface area contributed by atoms with E-state index < -0.39 is 23.7 Å². The number of amides is 2. The fourth-order valence-electron chi connectivity index (χ4n) is 2.89. The van der Waals surface area contributed by atoms with Crippen LogP contribution in [-0.4, -0.2) is 45.2 Å². The van der Waals surface area contributed by atoms with Gasteiger partial charge in [-0.05, 0) is 45.0 Å². The van der Waals surface area contributed by atoms with E-state index in [1.165, 1.54) is 0 Å². The number of carbonyl (C=O) groups excluding carboxylic acids is 3. The van der Waals surface area contributed by atoms with E-state index in [1.807, 2.05) is 68.4 Å². The maximum atomic E-state index is 12.3. The number of benzene rings is 2. The molecule has 33 heavy (non-hydrogen) atoms. The Balaban J connectivity index is 1.44. The molecular weight excluding hydrogens is 440 g/mol. The smallest absolute Gasteiger partial charge is 0.319 e. The number of anilines is 2. The average Bonchev–Trinajstić information content (AvgIpc) is 3.17. The molecule has 8 nitrogen and oxygen atoms in total. The third kappa shape index (κ3) is 7.21. The highest BCUT2D eigenvalue weighted by Gasteiger charge is 2.19. The molecule has 3 aromatic rings. The number of rotatable bonds is 9. The number of esters is 1. The van der Waals surface area contributed by atoms with Gasteiger partial charge in [-0.25, -0.2) is 4.68 Å². The van der Waals surface area contributed by atoms with E-state index in [0.29, 0.717) is 11.5 Å². The minimum atomic E-state index is -0.598. The highest BCUT2D eigenvalue weighted by atomic mass is 32.2. The van der Waals surface area contributed by atoms with Crippen molar-refractivity contribution in [2.45, 2.75) is 26.0 Å². The van der Waals surface area contributed by atoms with Gasteiger partial charge in [0.25, 0.3) is 5.91 Å². The number of nitrogens with one attached hydrogen (secondary N) is 2. The molecule has 0 radical (unpaired) electrons. The maximum Gasteiger partial charge on any atom is 0.319 e. The lowest BCUT2D eigenvalue weighted by molar-refractivity contribution is -0.146. The van der Waals surface area contributed by atoms with Crippen molar-refractivity contribution >= 4 is 41.1 Å². The Morgan fingerprint density at radius 2 is 1.70 bits per heavy atom. The Labute approximate surface area is 196 Å². The van der Waals surface area contributed by atoms with Gasteiger partial charge in [0, 0.05) is 11.8 Å². The van der Waals surface area contributed by atoms with E-state index in [4.69, 9.17) is 4.74 Å². The van der Waals surface area contributed by atoms with Crippen molar-refractivity contribution in [3.05, 3.63) is 71.9 Å². The first-order valence-corrected chi connectivity index (χ1v) is 11.4. The SMILES string of the molecule is Cc1ccc(NC(=O)CS[C@@H](C)C(=O)OCC(=O)Nc2cc(C)nn2-c2ccccc2)cc1. The quantitative estimate of drug-likeness (QED) is 0.466. The van der Waals surface area contributed by atoms with E-state index in [9.17, 15) is 14.4 Å². The highest BCUT2D eigenvalue weighted by molar-refractivity contribution is 8.01. The number of aromatic nitrogens is 2. The minimum Gasteiger partial charge on any atom is -0.455 e. The molecule has 0 fully saturated rings. The Hall–Kier alpha value is -3.59. The number of aryl methyl sites for hydroxylation is 2. The summed E-state index contributed by atoms with van der Waals surface area (Å²) in [7, 11) is 0. The summed E-state index contributed by atoms with van der Waals surface area (Å²) < 4.78 is 6.73. The van der Waals surface area contributed by atoms with Crippen LogP contribution >= 0.6 is 11.8 Å². The summed E-state index contributed by atoms with van der Waals surface area (Å²) in [4.78, 5) is 36.6. The number of hydrogen-bond donors (Lipinski definition) is 2. The van der Waals surface area contributed by atoms with E-state index in [-0.39, 0.29) is 11.7 Å². The zero-order valence-electron chi connectivity index (χ0n) is 18.7. The number of thioether (sulfide) groups is 1. The lowest BCUT2D eigenvalue weighted by atomic mass is 10.2. The second-order valence-electron chi connectivity index (χ2n) is 7.44. The largest absolute Gasteiger partial charge is 0.455 e. The lowest BCUT2D eigenvalue weighted by Crippen LogP contribution is -2.26. The van der Waals surface area contributed by atoms with Gasteiger partial charge in [-0.3, -0.25) is 14.4 Å². The van der Waals surface area contributed by atoms with Crippen molar-refractivity contribution in [2.24, 2.45) is 0 Å². The summed E-state index contributed by atoms with van der Waals surface area (Å²) in [5, 5.41) is 9.28. The van der Waals surface area contributed by atoms with Crippen molar-refractivity contribution in [1.82, 2.24) is 9.78 Å². The molecule has 0 aliphatic heterocycles. The number of para-hydroxylation sites is 1. The van der Waals surface area contributed by atoms with Crippen LogP contribution in [0.4, 0.5) is 11.5 Å². The molecule has 0 saturated heterocycles. The first-order chi connectivity index (χ1) is 15.8. The molecule has 1 atom stereocenters. The normalized spacial score (nSPS) is 11.5. The topological polar surface area (TPSA) is 102 Å². The van der Waals surface area contributed by atoms with Gasteiger partial charge in [-0.2, -0.15) is 5.10 Å². The van der Waals surface area contributed by atoms with Gasteiger partial charge in [-0.15, -0.1) is 11.8 Å². The van der Waals surface area contributed by atoms with Crippen LogP contribution in [0.15, 0.2) is 60.7 Å². The Bertz CT molecular complexity index is 1110. The van der Waals surface area contributed by atoms with Crippen LogP contribution in [0.5, 0.6) is 0 Å². The number of nitrogens with zero attached hydrogens (tertiary/aromatic N) is 2. The number of hydrogen-bond acceptors (Lipinski definition) is 6. The molecule has 1 heterocycles. The van der Waals surface area contributed by atoms with Gasteiger partial charge in [0.2, 0.25) is 5.91 Å². The van der Waals surface area contributed by atoms with Gasteiger partial charge in [-0.1, -0.05) is 35.9 Å². The molecule has 0 spiro atoms. The van der Waals surface area contributed by atoms with Crippen LogP contribution in [0, 0.1) is 13.8 Å².